The van der Waals surface area contributed by atoms with Crippen LogP contribution in [0.15, 0.2) is 107 Å². The first kappa shape index (κ1) is 22.3. The molecule has 0 fully saturated rings. The monoisotopic (exact) mass is 484 g/mol. The number of carbonyl (C=O) groups excluding carboxylic acids is 2. The average molecular weight is 485 g/mol. The SMILES string of the molecule is O=C(NCc1ccccc1)c1ccc2c(c1)N(Cc1ccc(Cl)cc1)C(=O)c1ccccc1S2. The first-order valence-corrected chi connectivity index (χ1v) is 12.1. The maximum Gasteiger partial charge on any atom is 0.259 e. The molecule has 34 heavy (non-hydrogen) atoms. The van der Waals surface area contributed by atoms with E-state index >= 15 is 0 Å². The number of nitrogens with zero attached hydrogens (tertiary/aromatic N) is 1. The summed E-state index contributed by atoms with van der Waals surface area (Å²) in [6.07, 6.45) is 0. The van der Waals surface area contributed by atoms with Gasteiger partial charge in [0.1, 0.15) is 0 Å². The van der Waals surface area contributed by atoms with E-state index in [2.05, 4.69) is 5.32 Å². The van der Waals surface area contributed by atoms with E-state index in [0.29, 0.717) is 34.9 Å². The van der Waals surface area contributed by atoms with Gasteiger partial charge in [-0.25, -0.2) is 0 Å². The minimum Gasteiger partial charge on any atom is -0.348 e. The number of hydrogen-bond acceptors (Lipinski definition) is 3. The second-order valence-corrected chi connectivity index (χ2v) is 9.49. The van der Waals surface area contributed by atoms with Crippen LogP contribution in [-0.2, 0) is 13.1 Å². The van der Waals surface area contributed by atoms with E-state index in [4.69, 9.17) is 11.6 Å². The molecule has 0 bridgehead atoms. The van der Waals surface area contributed by atoms with Gasteiger partial charge in [-0.3, -0.25) is 9.59 Å². The summed E-state index contributed by atoms with van der Waals surface area (Å²) in [6, 6.07) is 30.4. The molecule has 5 rings (SSSR count). The molecule has 0 saturated carbocycles. The summed E-state index contributed by atoms with van der Waals surface area (Å²) in [6.45, 7) is 0.803. The van der Waals surface area contributed by atoms with Gasteiger partial charge in [-0.05, 0) is 53.6 Å². The smallest absolute Gasteiger partial charge is 0.259 e. The maximum absolute atomic E-state index is 13.6. The number of benzene rings is 4. The summed E-state index contributed by atoms with van der Waals surface area (Å²) in [5.74, 6) is -0.282. The summed E-state index contributed by atoms with van der Waals surface area (Å²) in [4.78, 5) is 30.2. The molecule has 4 aromatic carbocycles. The number of amides is 2. The summed E-state index contributed by atoms with van der Waals surface area (Å²) in [7, 11) is 0. The van der Waals surface area contributed by atoms with Gasteiger partial charge in [0, 0.05) is 26.9 Å². The van der Waals surface area contributed by atoms with E-state index in [-0.39, 0.29) is 11.8 Å². The molecule has 4 aromatic rings. The van der Waals surface area contributed by atoms with E-state index < -0.39 is 0 Å². The van der Waals surface area contributed by atoms with Gasteiger partial charge in [-0.1, -0.05) is 78.0 Å². The van der Waals surface area contributed by atoms with Crippen molar-refractivity contribution in [3.63, 3.8) is 0 Å². The van der Waals surface area contributed by atoms with E-state index in [1.54, 1.807) is 4.90 Å². The van der Waals surface area contributed by atoms with Crippen LogP contribution in [0.1, 0.15) is 31.8 Å². The third-order valence-electron chi connectivity index (χ3n) is 5.64. The number of halogens is 1. The molecule has 0 radical (unpaired) electrons. The molecule has 0 atom stereocenters. The van der Waals surface area contributed by atoms with Crippen molar-refractivity contribution in [1.82, 2.24) is 5.32 Å². The summed E-state index contributed by atoms with van der Waals surface area (Å²) < 4.78 is 0. The minimum absolute atomic E-state index is 0.0985. The zero-order valence-electron chi connectivity index (χ0n) is 18.2. The molecule has 168 valence electrons. The fourth-order valence-corrected chi connectivity index (χ4v) is 5.06. The molecular weight excluding hydrogens is 464 g/mol. The van der Waals surface area contributed by atoms with Crippen molar-refractivity contribution < 1.29 is 9.59 Å². The zero-order chi connectivity index (χ0) is 23.5. The lowest BCUT2D eigenvalue weighted by Crippen LogP contribution is -2.31. The van der Waals surface area contributed by atoms with Crippen molar-refractivity contribution in [3.05, 3.63) is 124 Å². The third-order valence-corrected chi connectivity index (χ3v) is 7.04. The molecule has 0 aromatic heterocycles. The lowest BCUT2D eigenvalue weighted by atomic mass is 10.1. The lowest BCUT2D eigenvalue weighted by Gasteiger charge is -2.24. The molecule has 1 aliphatic heterocycles. The van der Waals surface area contributed by atoms with Crippen LogP contribution >= 0.6 is 23.4 Å². The Kier molecular flexibility index (Phi) is 6.39. The van der Waals surface area contributed by atoms with Crippen LogP contribution in [-0.4, -0.2) is 11.8 Å². The lowest BCUT2D eigenvalue weighted by molar-refractivity contribution is 0.0947. The molecule has 6 heteroatoms. The average Bonchev–Trinajstić information content (AvgIpc) is 2.98. The number of carbonyl (C=O) groups is 2. The van der Waals surface area contributed by atoms with Crippen molar-refractivity contribution in [1.29, 1.82) is 0 Å². The molecule has 0 aliphatic carbocycles. The Hall–Kier alpha value is -3.54. The summed E-state index contributed by atoms with van der Waals surface area (Å²) in [5.41, 5.74) is 3.85. The van der Waals surface area contributed by atoms with Crippen molar-refractivity contribution in [2.24, 2.45) is 0 Å². The van der Waals surface area contributed by atoms with Gasteiger partial charge >= 0.3 is 0 Å². The topological polar surface area (TPSA) is 49.4 Å². The first-order valence-electron chi connectivity index (χ1n) is 10.9. The fourth-order valence-electron chi connectivity index (χ4n) is 3.87. The summed E-state index contributed by atoms with van der Waals surface area (Å²) in [5, 5.41) is 3.62. The van der Waals surface area contributed by atoms with Gasteiger partial charge < -0.3 is 10.2 Å². The van der Waals surface area contributed by atoms with Crippen LogP contribution in [0.2, 0.25) is 5.02 Å². The van der Waals surface area contributed by atoms with Crippen LogP contribution in [0.3, 0.4) is 0 Å². The number of fused-ring (bicyclic) bond motifs is 2. The molecule has 0 unspecified atom stereocenters. The second-order valence-electron chi connectivity index (χ2n) is 7.97. The van der Waals surface area contributed by atoms with Gasteiger partial charge in [0.15, 0.2) is 0 Å². The van der Waals surface area contributed by atoms with Crippen molar-refractivity contribution >= 4 is 40.9 Å². The quantitative estimate of drug-likeness (QED) is 0.348. The molecule has 0 spiro atoms. The highest BCUT2D eigenvalue weighted by atomic mass is 35.5. The van der Waals surface area contributed by atoms with Crippen LogP contribution in [0.25, 0.3) is 0 Å². The largest absolute Gasteiger partial charge is 0.348 e. The Balaban J connectivity index is 1.50. The number of anilines is 1. The normalized spacial score (nSPS) is 12.5. The molecule has 4 nitrogen and oxygen atoms in total. The molecule has 1 heterocycles. The summed E-state index contributed by atoms with van der Waals surface area (Å²) >= 11 is 7.60. The highest BCUT2D eigenvalue weighted by Crippen LogP contribution is 2.42. The predicted molar refractivity (Wildman–Crippen MR) is 137 cm³/mol. The Morgan fingerprint density at radius 1 is 0.824 bits per heavy atom. The Bertz CT molecular complexity index is 1360. The van der Waals surface area contributed by atoms with Crippen LogP contribution < -0.4 is 10.2 Å². The highest BCUT2D eigenvalue weighted by molar-refractivity contribution is 7.99. The third kappa shape index (κ3) is 4.72. The molecule has 1 aliphatic rings. The molecular formula is C28H21ClN2O2S. The fraction of sp³-hybridized carbons (Fsp3) is 0.0714. The molecule has 1 N–H and O–H groups in total. The number of nitrogens with one attached hydrogen (secondary N) is 1. The van der Waals surface area contributed by atoms with E-state index in [1.165, 1.54) is 11.8 Å². The van der Waals surface area contributed by atoms with Gasteiger partial charge in [0.2, 0.25) is 0 Å². The van der Waals surface area contributed by atoms with Crippen molar-refractivity contribution in [3.8, 4) is 0 Å². The Labute approximate surface area is 207 Å². The van der Waals surface area contributed by atoms with Crippen molar-refractivity contribution in [2.45, 2.75) is 22.9 Å². The maximum atomic E-state index is 13.6. The van der Waals surface area contributed by atoms with Gasteiger partial charge in [0.05, 0.1) is 17.8 Å². The molecule has 0 saturated heterocycles. The number of hydrogen-bond donors (Lipinski definition) is 1. The Morgan fingerprint density at radius 3 is 2.35 bits per heavy atom. The second kappa shape index (κ2) is 9.75. The zero-order valence-corrected chi connectivity index (χ0v) is 19.8. The van der Waals surface area contributed by atoms with E-state index in [0.717, 1.165) is 20.9 Å². The van der Waals surface area contributed by atoms with Gasteiger partial charge in [-0.2, -0.15) is 0 Å². The highest BCUT2D eigenvalue weighted by Gasteiger charge is 2.28. The van der Waals surface area contributed by atoms with E-state index in [9.17, 15) is 9.59 Å². The number of rotatable bonds is 5. The van der Waals surface area contributed by atoms with Crippen LogP contribution in [0.5, 0.6) is 0 Å². The Morgan fingerprint density at radius 2 is 1.56 bits per heavy atom. The van der Waals surface area contributed by atoms with Crippen LogP contribution in [0, 0.1) is 0 Å². The standard InChI is InChI=1S/C28H21ClN2O2S/c29-22-13-10-20(11-14-22)18-31-24-16-21(27(32)30-17-19-6-2-1-3-7-19)12-15-26(24)34-25-9-5-4-8-23(25)28(31)33/h1-16H,17-18H2,(H,30,32). The molecule has 2 amide bonds. The van der Waals surface area contributed by atoms with Gasteiger partial charge in [0.25, 0.3) is 11.8 Å². The van der Waals surface area contributed by atoms with Crippen molar-refractivity contribution in [2.75, 3.05) is 4.90 Å². The first-order chi connectivity index (χ1) is 16.6. The van der Waals surface area contributed by atoms with Gasteiger partial charge in [-0.15, -0.1) is 0 Å². The predicted octanol–water partition coefficient (Wildman–Crippen LogP) is 6.58. The van der Waals surface area contributed by atoms with Crippen LogP contribution in [0.4, 0.5) is 5.69 Å². The minimum atomic E-state index is -0.183. The van der Waals surface area contributed by atoms with E-state index in [1.807, 2.05) is 97.1 Å².